The predicted molar refractivity (Wildman–Crippen MR) is 125 cm³/mol. The zero-order valence-electron chi connectivity index (χ0n) is 18.1. The number of carbonyl (C=O) groups excluding carboxylic acids is 2. The highest BCUT2D eigenvalue weighted by atomic mass is 32.1. The lowest BCUT2D eigenvalue weighted by Gasteiger charge is -2.14. The number of fused-ring (bicyclic) bond motifs is 2. The van der Waals surface area contributed by atoms with Gasteiger partial charge in [0.25, 0.3) is 5.56 Å². The fourth-order valence-corrected chi connectivity index (χ4v) is 4.11. The second-order valence-electron chi connectivity index (χ2n) is 7.17. The minimum Gasteiger partial charge on any atom is -0.493 e. The van der Waals surface area contributed by atoms with Gasteiger partial charge in [0.2, 0.25) is 11.8 Å². The maximum atomic E-state index is 12.8. The van der Waals surface area contributed by atoms with E-state index < -0.39 is 23.4 Å². The summed E-state index contributed by atoms with van der Waals surface area (Å²) in [6.07, 6.45) is 1.28. The van der Waals surface area contributed by atoms with E-state index in [0.29, 0.717) is 22.1 Å². The standard InChI is InChI=1S/C22H21N5O5S/c1-12(20(29)26-22-25-14-6-4-5-7-18(14)33-22)24-19(28)10-27-11-23-15-9-17(32-3)16(31-2)8-13(15)21(27)30/h4-9,11-12H,10H2,1-3H3,(H,24,28)(H,25,26,29). The average Bonchev–Trinajstić information content (AvgIpc) is 3.22. The van der Waals surface area contributed by atoms with Crippen molar-refractivity contribution in [2.45, 2.75) is 19.5 Å². The van der Waals surface area contributed by atoms with E-state index in [4.69, 9.17) is 9.47 Å². The first kappa shape index (κ1) is 22.2. The van der Waals surface area contributed by atoms with Gasteiger partial charge >= 0.3 is 0 Å². The molecule has 0 aliphatic carbocycles. The SMILES string of the molecule is COc1cc2ncn(CC(=O)NC(C)C(=O)Nc3nc4ccccc4s3)c(=O)c2cc1OC. The second kappa shape index (κ2) is 9.25. The number of carbonyl (C=O) groups is 2. The molecule has 0 spiro atoms. The molecule has 10 nitrogen and oxygen atoms in total. The Hall–Kier alpha value is -3.99. The number of nitrogens with one attached hydrogen (secondary N) is 2. The summed E-state index contributed by atoms with van der Waals surface area (Å²) in [6.45, 7) is 1.26. The monoisotopic (exact) mass is 467 g/mol. The van der Waals surface area contributed by atoms with E-state index in [1.54, 1.807) is 13.0 Å². The van der Waals surface area contributed by atoms with Crippen molar-refractivity contribution in [2.24, 2.45) is 0 Å². The van der Waals surface area contributed by atoms with Crippen LogP contribution in [0.25, 0.3) is 21.1 Å². The number of amides is 2. The minimum atomic E-state index is -0.835. The molecule has 0 fully saturated rings. The maximum absolute atomic E-state index is 12.8. The van der Waals surface area contributed by atoms with Crippen LogP contribution in [0.15, 0.2) is 47.5 Å². The molecule has 11 heteroatoms. The minimum absolute atomic E-state index is 0.282. The number of para-hydroxylation sites is 1. The lowest BCUT2D eigenvalue weighted by molar-refractivity contribution is -0.126. The van der Waals surface area contributed by atoms with Crippen molar-refractivity contribution in [1.29, 1.82) is 0 Å². The van der Waals surface area contributed by atoms with Crippen LogP contribution in [-0.4, -0.2) is 46.6 Å². The topological polar surface area (TPSA) is 124 Å². The molecule has 1 atom stereocenters. The molecule has 2 aromatic heterocycles. The van der Waals surface area contributed by atoms with Crippen molar-refractivity contribution in [3.05, 3.63) is 53.1 Å². The van der Waals surface area contributed by atoms with Gasteiger partial charge in [-0.1, -0.05) is 23.5 Å². The van der Waals surface area contributed by atoms with Crippen LogP contribution < -0.4 is 25.7 Å². The zero-order chi connectivity index (χ0) is 23.5. The first-order valence-electron chi connectivity index (χ1n) is 9.96. The third-order valence-electron chi connectivity index (χ3n) is 4.94. The normalized spacial score (nSPS) is 11.8. The molecule has 0 bridgehead atoms. The van der Waals surface area contributed by atoms with Crippen molar-refractivity contribution in [1.82, 2.24) is 19.9 Å². The number of hydrogen-bond donors (Lipinski definition) is 2. The van der Waals surface area contributed by atoms with Crippen LogP contribution in [0, 0.1) is 0 Å². The molecule has 0 aliphatic heterocycles. The summed E-state index contributed by atoms with van der Waals surface area (Å²) >= 11 is 1.34. The van der Waals surface area contributed by atoms with E-state index in [1.807, 2.05) is 24.3 Å². The summed E-state index contributed by atoms with van der Waals surface area (Å²) in [5.74, 6) is -0.0968. The fraction of sp³-hybridized carbons (Fsp3) is 0.227. The highest BCUT2D eigenvalue weighted by molar-refractivity contribution is 7.22. The first-order valence-corrected chi connectivity index (χ1v) is 10.8. The molecule has 0 radical (unpaired) electrons. The Morgan fingerprint density at radius 2 is 1.85 bits per heavy atom. The summed E-state index contributed by atoms with van der Waals surface area (Å²) in [5, 5.41) is 6.03. The molecule has 2 N–H and O–H groups in total. The van der Waals surface area contributed by atoms with Crippen LogP contribution >= 0.6 is 11.3 Å². The van der Waals surface area contributed by atoms with Gasteiger partial charge in [-0.3, -0.25) is 19.0 Å². The van der Waals surface area contributed by atoms with Crippen molar-refractivity contribution in [3.8, 4) is 11.5 Å². The van der Waals surface area contributed by atoms with E-state index in [0.717, 1.165) is 10.2 Å². The maximum Gasteiger partial charge on any atom is 0.261 e. The molecule has 4 rings (SSSR count). The van der Waals surface area contributed by atoms with E-state index >= 15 is 0 Å². The molecule has 4 aromatic rings. The molecular weight excluding hydrogens is 446 g/mol. The van der Waals surface area contributed by atoms with E-state index in [-0.39, 0.29) is 11.9 Å². The third-order valence-corrected chi connectivity index (χ3v) is 5.89. The van der Waals surface area contributed by atoms with Crippen LogP contribution in [0.4, 0.5) is 5.13 Å². The van der Waals surface area contributed by atoms with Gasteiger partial charge in [-0.15, -0.1) is 0 Å². The quantitative estimate of drug-likeness (QED) is 0.427. The number of hydrogen-bond acceptors (Lipinski definition) is 8. The highest BCUT2D eigenvalue weighted by Crippen LogP contribution is 2.29. The van der Waals surface area contributed by atoms with Gasteiger partial charge in [-0.05, 0) is 25.1 Å². The number of methoxy groups -OCH3 is 2. The lowest BCUT2D eigenvalue weighted by atomic mass is 10.2. The van der Waals surface area contributed by atoms with Gasteiger partial charge in [0.1, 0.15) is 12.6 Å². The van der Waals surface area contributed by atoms with Crippen LogP contribution in [0.3, 0.4) is 0 Å². The largest absolute Gasteiger partial charge is 0.493 e. The number of nitrogens with zero attached hydrogens (tertiary/aromatic N) is 3. The van der Waals surface area contributed by atoms with Gasteiger partial charge in [0.15, 0.2) is 16.6 Å². The van der Waals surface area contributed by atoms with Gasteiger partial charge in [0, 0.05) is 6.07 Å². The Labute approximate surface area is 192 Å². The van der Waals surface area contributed by atoms with Crippen LogP contribution in [-0.2, 0) is 16.1 Å². The van der Waals surface area contributed by atoms with Crippen molar-refractivity contribution in [2.75, 3.05) is 19.5 Å². The molecular formula is C22H21N5O5S. The van der Waals surface area contributed by atoms with E-state index in [2.05, 4.69) is 20.6 Å². The smallest absolute Gasteiger partial charge is 0.261 e. The molecule has 33 heavy (non-hydrogen) atoms. The molecule has 2 heterocycles. The van der Waals surface area contributed by atoms with Gasteiger partial charge < -0.3 is 20.1 Å². The van der Waals surface area contributed by atoms with Crippen LogP contribution in [0.5, 0.6) is 11.5 Å². The Kier molecular flexibility index (Phi) is 6.22. The number of anilines is 1. The summed E-state index contributed by atoms with van der Waals surface area (Å²) in [7, 11) is 2.95. The third kappa shape index (κ3) is 4.62. The molecule has 2 aromatic carbocycles. The first-order chi connectivity index (χ1) is 15.9. The number of thiazole rings is 1. The second-order valence-corrected chi connectivity index (χ2v) is 8.20. The number of benzene rings is 2. The summed E-state index contributed by atoms with van der Waals surface area (Å²) < 4.78 is 12.6. The number of rotatable bonds is 7. The molecule has 0 saturated heterocycles. The highest BCUT2D eigenvalue weighted by Gasteiger charge is 2.19. The van der Waals surface area contributed by atoms with E-state index in [1.165, 1.54) is 42.5 Å². The lowest BCUT2D eigenvalue weighted by Crippen LogP contribution is -2.43. The molecule has 1 unspecified atom stereocenters. The fourth-order valence-electron chi connectivity index (χ4n) is 3.24. The van der Waals surface area contributed by atoms with Crippen molar-refractivity contribution < 1.29 is 19.1 Å². The number of ether oxygens (including phenoxy) is 2. The van der Waals surface area contributed by atoms with Crippen molar-refractivity contribution >= 4 is 49.4 Å². The summed E-state index contributed by atoms with van der Waals surface area (Å²) in [5.41, 5.74) is 0.785. The Bertz CT molecular complexity index is 1380. The van der Waals surface area contributed by atoms with E-state index in [9.17, 15) is 14.4 Å². The van der Waals surface area contributed by atoms with Crippen LogP contribution in [0.2, 0.25) is 0 Å². The zero-order valence-corrected chi connectivity index (χ0v) is 18.9. The molecule has 2 amide bonds. The Balaban J connectivity index is 1.44. The van der Waals surface area contributed by atoms with Gasteiger partial charge in [-0.25, -0.2) is 9.97 Å². The summed E-state index contributed by atoms with van der Waals surface area (Å²) in [6, 6.07) is 9.80. The van der Waals surface area contributed by atoms with Crippen LogP contribution in [0.1, 0.15) is 6.92 Å². The Morgan fingerprint density at radius 1 is 1.12 bits per heavy atom. The predicted octanol–water partition coefficient (Wildman–Crippen LogP) is 2.17. The van der Waals surface area contributed by atoms with Gasteiger partial charge in [0.05, 0.1) is 41.7 Å². The molecule has 0 saturated carbocycles. The van der Waals surface area contributed by atoms with Gasteiger partial charge in [-0.2, -0.15) is 0 Å². The van der Waals surface area contributed by atoms with Crippen molar-refractivity contribution in [3.63, 3.8) is 0 Å². The number of aromatic nitrogens is 3. The average molecular weight is 468 g/mol. The molecule has 170 valence electrons. The Morgan fingerprint density at radius 3 is 2.58 bits per heavy atom. The molecule has 0 aliphatic rings. The summed E-state index contributed by atoms with van der Waals surface area (Å²) in [4.78, 5) is 46.4.